The number of fused-ring (bicyclic) bond motifs is 1. The zero-order valence-electron chi connectivity index (χ0n) is 21.3. The molecule has 7 heteroatoms. The molecule has 0 saturated heterocycles. The van der Waals surface area contributed by atoms with E-state index >= 15 is 0 Å². The quantitative estimate of drug-likeness (QED) is 0.296. The van der Waals surface area contributed by atoms with Crippen LogP contribution in [0.3, 0.4) is 0 Å². The van der Waals surface area contributed by atoms with Gasteiger partial charge >= 0.3 is 5.97 Å². The lowest BCUT2D eigenvalue weighted by Gasteiger charge is -2.44. The minimum absolute atomic E-state index is 0.110. The van der Waals surface area contributed by atoms with Crippen LogP contribution in [-0.4, -0.2) is 17.7 Å². The third-order valence-electron chi connectivity index (χ3n) is 7.02. The van der Waals surface area contributed by atoms with Gasteiger partial charge in [-0.25, -0.2) is 13.6 Å². The van der Waals surface area contributed by atoms with Crippen molar-refractivity contribution in [2.24, 2.45) is 0 Å². The van der Waals surface area contributed by atoms with Crippen molar-refractivity contribution in [2.75, 3.05) is 17.5 Å². The predicted molar refractivity (Wildman–Crippen MR) is 139 cm³/mol. The van der Waals surface area contributed by atoms with Gasteiger partial charge in [-0.3, -0.25) is 10.9 Å². The van der Waals surface area contributed by atoms with E-state index in [4.69, 9.17) is 4.74 Å². The van der Waals surface area contributed by atoms with E-state index in [1.165, 1.54) is 12.1 Å². The molecule has 0 aliphatic heterocycles. The van der Waals surface area contributed by atoms with Crippen molar-refractivity contribution in [3.05, 3.63) is 76.9 Å². The van der Waals surface area contributed by atoms with Gasteiger partial charge in [0.15, 0.2) is 5.82 Å². The highest BCUT2D eigenvalue weighted by molar-refractivity contribution is 5.90. The fraction of sp³-hybridized carbons (Fsp3) is 0.345. The number of benzene rings is 3. The van der Waals surface area contributed by atoms with Crippen LogP contribution in [0, 0.1) is 11.6 Å². The minimum Gasteiger partial charge on any atom is -0.494 e. The summed E-state index contributed by atoms with van der Waals surface area (Å²) in [5, 5.41) is 9.35. The average Bonchev–Trinajstić information content (AvgIpc) is 2.81. The van der Waals surface area contributed by atoms with Crippen LogP contribution < -0.4 is 15.6 Å². The second kappa shape index (κ2) is 9.45. The van der Waals surface area contributed by atoms with Crippen molar-refractivity contribution in [1.29, 1.82) is 0 Å². The van der Waals surface area contributed by atoms with Crippen molar-refractivity contribution >= 4 is 17.3 Å². The molecule has 1 aliphatic rings. The van der Waals surface area contributed by atoms with E-state index in [0.29, 0.717) is 6.61 Å². The van der Waals surface area contributed by atoms with Crippen molar-refractivity contribution in [3.63, 3.8) is 0 Å². The van der Waals surface area contributed by atoms with Crippen molar-refractivity contribution in [3.8, 4) is 16.9 Å². The summed E-state index contributed by atoms with van der Waals surface area (Å²) >= 11 is 0. The maximum absolute atomic E-state index is 14.5. The Hall–Kier alpha value is -3.61. The van der Waals surface area contributed by atoms with Crippen LogP contribution in [0.2, 0.25) is 0 Å². The Bertz CT molecular complexity index is 1300. The Morgan fingerprint density at radius 3 is 2.17 bits per heavy atom. The maximum atomic E-state index is 14.5. The van der Waals surface area contributed by atoms with Gasteiger partial charge in [-0.05, 0) is 72.1 Å². The molecule has 3 aromatic rings. The Kier molecular flexibility index (Phi) is 6.69. The second-order valence-electron chi connectivity index (χ2n) is 10.5. The van der Waals surface area contributed by atoms with Gasteiger partial charge in [0.2, 0.25) is 0 Å². The van der Waals surface area contributed by atoms with E-state index in [0.717, 1.165) is 52.6 Å². The van der Waals surface area contributed by atoms with Crippen molar-refractivity contribution in [2.45, 2.75) is 58.3 Å². The highest BCUT2D eigenvalue weighted by atomic mass is 19.1. The summed E-state index contributed by atoms with van der Waals surface area (Å²) in [6, 6.07) is 12.0. The smallest absolute Gasteiger partial charge is 0.335 e. The van der Waals surface area contributed by atoms with E-state index in [1.807, 2.05) is 13.0 Å². The average molecular weight is 495 g/mol. The largest absolute Gasteiger partial charge is 0.494 e. The van der Waals surface area contributed by atoms with Gasteiger partial charge in [0.1, 0.15) is 11.6 Å². The molecule has 3 aromatic carbocycles. The molecule has 36 heavy (non-hydrogen) atoms. The summed E-state index contributed by atoms with van der Waals surface area (Å²) in [5.74, 6) is -1.59. The van der Waals surface area contributed by atoms with Gasteiger partial charge in [0, 0.05) is 17.2 Å². The Morgan fingerprint density at radius 2 is 1.58 bits per heavy atom. The van der Waals surface area contributed by atoms with E-state index in [2.05, 4.69) is 38.5 Å². The van der Waals surface area contributed by atoms with Crippen LogP contribution in [0.4, 0.5) is 20.2 Å². The summed E-state index contributed by atoms with van der Waals surface area (Å²) in [6.07, 6.45) is 1.90. The van der Waals surface area contributed by atoms with Crippen LogP contribution in [0.25, 0.3) is 11.1 Å². The molecule has 5 nitrogen and oxygen atoms in total. The molecule has 0 unspecified atom stereocenters. The highest BCUT2D eigenvalue weighted by Crippen LogP contribution is 2.54. The number of hydrogen-bond donors (Lipinski definition) is 3. The minimum atomic E-state index is -1.00. The number of ether oxygens (including phenoxy) is 1. The second-order valence-corrected chi connectivity index (χ2v) is 10.5. The fourth-order valence-corrected chi connectivity index (χ4v) is 5.02. The number of hydrogen-bond acceptors (Lipinski definition) is 4. The van der Waals surface area contributed by atoms with Crippen molar-refractivity contribution in [1.82, 2.24) is 0 Å². The molecule has 4 rings (SSSR count). The van der Waals surface area contributed by atoms with Gasteiger partial charge < -0.3 is 9.84 Å². The van der Waals surface area contributed by atoms with Gasteiger partial charge in [-0.15, -0.1) is 0 Å². The molecule has 0 amide bonds. The molecule has 0 spiro atoms. The number of aromatic carboxylic acids is 1. The molecule has 0 heterocycles. The van der Waals surface area contributed by atoms with Gasteiger partial charge in [-0.1, -0.05) is 39.8 Å². The van der Waals surface area contributed by atoms with Crippen LogP contribution in [0.15, 0.2) is 48.5 Å². The summed E-state index contributed by atoms with van der Waals surface area (Å²) in [5.41, 5.74) is 10.5. The Labute approximate surface area is 210 Å². The first-order valence-corrected chi connectivity index (χ1v) is 12.1. The van der Waals surface area contributed by atoms with Crippen LogP contribution >= 0.6 is 0 Å². The van der Waals surface area contributed by atoms with E-state index in [1.54, 1.807) is 24.3 Å². The molecule has 190 valence electrons. The van der Waals surface area contributed by atoms with Crippen molar-refractivity contribution < 1.29 is 23.4 Å². The van der Waals surface area contributed by atoms with Gasteiger partial charge in [0.25, 0.3) is 0 Å². The summed E-state index contributed by atoms with van der Waals surface area (Å²) in [7, 11) is 0. The monoisotopic (exact) mass is 494 g/mol. The number of carboxylic acids is 1. The number of nitrogens with one attached hydrogen (secondary N) is 2. The van der Waals surface area contributed by atoms with Gasteiger partial charge in [-0.2, -0.15) is 0 Å². The van der Waals surface area contributed by atoms with E-state index in [-0.39, 0.29) is 22.1 Å². The zero-order valence-corrected chi connectivity index (χ0v) is 21.3. The van der Waals surface area contributed by atoms with Crippen LogP contribution in [0.1, 0.15) is 68.9 Å². The molecular formula is C29H32F2N2O3. The van der Waals surface area contributed by atoms with E-state index < -0.39 is 17.6 Å². The fourth-order valence-electron chi connectivity index (χ4n) is 5.02. The molecule has 3 N–H and O–H groups in total. The lowest BCUT2D eigenvalue weighted by molar-refractivity contribution is 0.0697. The molecule has 0 bridgehead atoms. The SMILES string of the molecule is CCOc1cc(-c2ccc(C(=O)O)cc2)c(NNc2ccc(F)cc2F)c2c1C(C)(C)CCC2(C)C. The molecule has 1 aliphatic carbocycles. The molecule has 0 aromatic heterocycles. The Balaban J connectivity index is 1.96. The number of rotatable bonds is 7. The number of anilines is 2. The Morgan fingerprint density at radius 1 is 0.944 bits per heavy atom. The maximum Gasteiger partial charge on any atom is 0.335 e. The summed E-state index contributed by atoms with van der Waals surface area (Å²) < 4.78 is 34.1. The first kappa shape index (κ1) is 25.5. The number of carboxylic acid groups (broad SMARTS) is 1. The zero-order chi connectivity index (χ0) is 26.3. The summed E-state index contributed by atoms with van der Waals surface area (Å²) in [4.78, 5) is 11.4. The third-order valence-corrected chi connectivity index (χ3v) is 7.02. The molecule has 0 saturated carbocycles. The van der Waals surface area contributed by atoms with E-state index in [9.17, 15) is 18.7 Å². The first-order chi connectivity index (χ1) is 16.9. The lowest BCUT2D eigenvalue weighted by atomic mass is 9.61. The molecule has 0 atom stereocenters. The predicted octanol–water partition coefficient (Wildman–Crippen LogP) is 7.52. The number of hydrazine groups is 1. The normalized spacial score (nSPS) is 15.6. The van der Waals surface area contributed by atoms with Gasteiger partial charge in [0.05, 0.1) is 23.5 Å². The topological polar surface area (TPSA) is 70.6 Å². The third kappa shape index (κ3) is 4.74. The standard InChI is InChI=1S/C29H32F2N2O3/c1-6-36-23-16-20(17-7-9-18(10-8-17)27(34)35)26(33-32-22-12-11-19(30)15-21(22)31)25-24(23)28(2,3)13-14-29(25,4)5/h7-12,15-16,32-33H,6,13-14H2,1-5H3,(H,34,35). The number of halogens is 2. The summed E-state index contributed by atoms with van der Waals surface area (Å²) in [6.45, 7) is 11.2. The first-order valence-electron chi connectivity index (χ1n) is 12.1. The molecular weight excluding hydrogens is 462 g/mol. The van der Waals surface area contributed by atoms with Crippen LogP contribution in [-0.2, 0) is 10.8 Å². The van der Waals surface area contributed by atoms with Crippen LogP contribution in [0.5, 0.6) is 5.75 Å². The molecule has 0 fully saturated rings. The number of carbonyl (C=O) groups is 1. The molecule has 0 radical (unpaired) electrons. The lowest BCUT2D eigenvalue weighted by Crippen LogP contribution is -2.36. The highest BCUT2D eigenvalue weighted by Gasteiger charge is 2.42.